The first-order valence-electron chi connectivity index (χ1n) is 25.4. The lowest BCUT2D eigenvalue weighted by atomic mass is 10.0. The van der Waals surface area contributed by atoms with E-state index < -0.39 is 18.1 Å². The Labute approximate surface area is 371 Å². The predicted molar refractivity (Wildman–Crippen MR) is 250 cm³/mol. The monoisotopic (exact) mass is 848 g/mol. The van der Waals surface area contributed by atoms with Crippen LogP contribution in [0.15, 0.2) is 24.3 Å². The van der Waals surface area contributed by atoms with E-state index in [9.17, 15) is 19.5 Å². The van der Waals surface area contributed by atoms with Crippen LogP contribution in [0.25, 0.3) is 0 Å². The molecule has 8 nitrogen and oxygen atoms in total. The maximum Gasteiger partial charge on any atom is 0.306 e. The zero-order valence-corrected chi connectivity index (χ0v) is 40.1. The predicted octanol–water partition coefficient (Wildman–Crippen LogP) is 13.1. The van der Waals surface area contributed by atoms with Crippen LogP contribution in [-0.4, -0.2) is 75.5 Å². The van der Waals surface area contributed by atoms with E-state index in [0.29, 0.717) is 12.8 Å². The van der Waals surface area contributed by atoms with Gasteiger partial charge in [-0.05, 0) is 38.5 Å². The van der Waals surface area contributed by atoms with E-state index in [0.717, 1.165) is 38.5 Å². The van der Waals surface area contributed by atoms with Crippen LogP contribution >= 0.6 is 0 Å². The molecule has 0 aliphatic rings. The van der Waals surface area contributed by atoms with Crippen LogP contribution in [0.5, 0.6) is 0 Å². The average molecular weight is 848 g/mol. The van der Waals surface area contributed by atoms with Crippen molar-refractivity contribution in [2.45, 2.75) is 251 Å². The lowest BCUT2D eigenvalue weighted by molar-refractivity contribution is -0.889. The van der Waals surface area contributed by atoms with E-state index in [-0.39, 0.29) is 42.7 Å². The molecule has 0 N–H and O–H groups in total. The Hall–Kier alpha value is -2.19. The topological polar surface area (TPSA) is 102 Å². The van der Waals surface area contributed by atoms with Crippen molar-refractivity contribution in [2.24, 2.45) is 0 Å². The molecular weight excluding hydrogens is 751 g/mol. The molecule has 0 aromatic heterocycles. The first kappa shape index (κ1) is 57.8. The van der Waals surface area contributed by atoms with Crippen LogP contribution in [0, 0.1) is 0 Å². The smallest absolute Gasteiger partial charge is 0.306 e. The van der Waals surface area contributed by atoms with E-state index in [1.165, 1.54) is 167 Å². The molecule has 8 heteroatoms. The lowest BCUT2D eigenvalue weighted by Gasteiger charge is -2.34. The number of allylic oxidation sites excluding steroid dienone is 4. The summed E-state index contributed by atoms with van der Waals surface area (Å²) >= 11 is 0. The number of carboxylic acids is 1. The first-order valence-corrected chi connectivity index (χ1v) is 25.4. The van der Waals surface area contributed by atoms with Gasteiger partial charge in [0, 0.05) is 19.3 Å². The van der Waals surface area contributed by atoms with Gasteiger partial charge in [-0.1, -0.05) is 205 Å². The number of quaternary nitrogens is 1. The average Bonchev–Trinajstić information content (AvgIpc) is 3.21. The number of carbonyl (C=O) groups is 3. The number of hydrogen-bond acceptors (Lipinski definition) is 7. The Kier molecular flexibility index (Phi) is 41.9. The van der Waals surface area contributed by atoms with Crippen LogP contribution in [0.4, 0.5) is 0 Å². The molecule has 0 fully saturated rings. The quantitative estimate of drug-likeness (QED) is 0.0260. The zero-order valence-electron chi connectivity index (χ0n) is 40.1. The second-order valence-electron chi connectivity index (χ2n) is 18.4. The van der Waals surface area contributed by atoms with Crippen LogP contribution in [0.3, 0.4) is 0 Å². The summed E-state index contributed by atoms with van der Waals surface area (Å²) < 4.78 is 17.2. The molecule has 0 spiro atoms. The molecule has 0 saturated carbocycles. The van der Waals surface area contributed by atoms with Crippen molar-refractivity contribution in [1.29, 1.82) is 0 Å². The number of carbonyl (C=O) groups excluding carboxylic acids is 3. The Morgan fingerprint density at radius 1 is 0.500 bits per heavy atom. The molecule has 2 unspecified atom stereocenters. The number of carboxylic acid groups (broad SMARTS) is 1. The third kappa shape index (κ3) is 41.2. The van der Waals surface area contributed by atoms with Crippen molar-refractivity contribution < 1.29 is 38.2 Å². The van der Waals surface area contributed by atoms with E-state index in [1.54, 1.807) is 0 Å². The molecule has 2 atom stereocenters. The Bertz CT molecular complexity index is 1040. The maximum absolute atomic E-state index is 12.8. The van der Waals surface area contributed by atoms with Crippen molar-refractivity contribution in [2.75, 3.05) is 41.0 Å². The first-order chi connectivity index (χ1) is 29.1. The van der Waals surface area contributed by atoms with Gasteiger partial charge < -0.3 is 28.6 Å². The Morgan fingerprint density at radius 3 is 1.28 bits per heavy atom. The van der Waals surface area contributed by atoms with Crippen LogP contribution in [0.2, 0.25) is 0 Å². The molecule has 0 aliphatic carbocycles. The van der Waals surface area contributed by atoms with Crippen LogP contribution in [-0.2, 0) is 28.6 Å². The Morgan fingerprint density at radius 2 is 0.867 bits per heavy atom. The molecule has 0 amide bonds. The highest BCUT2D eigenvalue weighted by molar-refractivity contribution is 5.70. The zero-order chi connectivity index (χ0) is 44.2. The number of likely N-dealkylation sites (N-methyl/N-ethyl adjacent to an activating group) is 1. The second-order valence-corrected chi connectivity index (χ2v) is 18.4. The number of rotatable bonds is 46. The summed E-state index contributed by atoms with van der Waals surface area (Å²) in [4.78, 5) is 37.0. The minimum atomic E-state index is -1.12. The number of aliphatic carboxylic acids is 1. The fourth-order valence-electron chi connectivity index (χ4n) is 7.65. The largest absolute Gasteiger partial charge is 0.544 e. The Balaban J connectivity index is 4.23. The number of nitrogens with zero attached hydrogens (tertiary/aromatic N) is 1. The van der Waals surface area contributed by atoms with E-state index in [4.69, 9.17) is 14.2 Å². The summed E-state index contributed by atoms with van der Waals surface area (Å²) in [7, 11) is 5.42. The summed E-state index contributed by atoms with van der Waals surface area (Å²) in [5.74, 6) is -1.72. The van der Waals surface area contributed by atoms with Crippen molar-refractivity contribution in [3.05, 3.63) is 24.3 Å². The van der Waals surface area contributed by atoms with E-state index in [1.807, 2.05) is 21.1 Å². The van der Waals surface area contributed by atoms with Crippen LogP contribution < -0.4 is 5.11 Å². The highest BCUT2D eigenvalue weighted by Crippen LogP contribution is 2.16. The number of ether oxygens (including phenoxy) is 3. The third-order valence-corrected chi connectivity index (χ3v) is 11.6. The van der Waals surface area contributed by atoms with Gasteiger partial charge in [0.15, 0.2) is 6.10 Å². The molecule has 60 heavy (non-hydrogen) atoms. The number of esters is 2. The molecule has 0 bridgehead atoms. The number of unbranched alkanes of at least 4 members (excludes halogenated alkanes) is 29. The summed E-state index contributed by atoms with van der Waals surface area (Å²) in [5.41, 5.74) is 0. The second kappa shape index (κ2) is 43.5. The van der Waals surface area contributed by atoms with Crippen molar-refractivity contribution in [3.8, 4) is 0 Å². The van der Waals surface area contributed by atoms with Crippen molar-refractivity contribution in [3.63, 3.8) is 0 Å². The van der Waals surface area contributed by atoms with Gasteiger partial charge in [0.25, 0.3) is 0 Å². The molecular formula is C52H97NO7. The van der Waals surface area contributed by atoms with E-state index in [2.05, 4.69) is 38.2 Å². The fraction of sp³-hybridized carbons (Fsp3) is 0.865. The van der Waals surface area contributed by atoms with Gasteiger partial charge in [-0.3, -0.25) is 9.59 Å². The van der Waals surface area contributed by atoms with Crippen molar-refractivity contribution >= 4 is 17.9 Å². The molecule has 0 radical (unpaired) electrons. The molecule has 0 saturated heterocycles. The van der Waals surface area contributed by atoms with Gasteiger partial charge >= 0.3 is 11.9 Å². The molecule has 0 rings (SSSR count). The van der Waals surface area contributed by atoms with Crippen molar-refractivity contribution in [1.82, 2.24) is 0 Å². The maximum atomic E-state index is 12.8. The van der Waals surface area contributed by atoms with Gasteiger partial charge in [0.05, 0.1) is 40.3 Å². The molecule has 352 valence electrons. The molecule has 0 aromatic rings. The van der Waals surface area contributed by atoms with Gasteiger partial charge in [-0.15, -0.1) is 0 Å². The highest BCUT2D eigenvalue weighted by Gasteiger charge is 2.25. The normalized spacial score (nSPS) is 13.0. The summed E-state index contributed by atoms with van der Waals surface area (Å²) in [5, 5.41) is 11.7. The standard InChI is InChI=1S/C52H97NO7/c1-6-8-10-12-14-16-18-20-22-24-25-27-29-31-33-35-37-39-41-43-51(55)60-48(46-58-45-44-49(52(56)57)53(3,4)5)47-59-50(54)42-40-38-36-34-32-30-28-26-23-21-19-17-15-13-11-9-7-2/h14,16,18,20,48-49H,6-13,15,17,19,21-47H2,1-5H3/b16-14+,20-18+. The van der Waals surface area contributed by atoms with E-state index >= 15 is 0 Å². The van der Waals surface area contributed by atoms with Gasteiger partial charge in [0.2, 0.25) is 0 Å². The highest BCUT2D eigenvalue weighted by atomic mass is 16.6. The molecule has 0 aliphatic heterocycles. The molecule has 0 aromatic carbocycles. The minimum absolute atomic E-state index is 0.0439. The van der Waals surface area contributed by atoms with Gasteiger partial charge in [0.1, 0.15) is 12.6 Å². The molecule has 0 heterocycles. The summed E-state index contributed by atoms with van der Waals surface area (Å²) in [6.07, 6.45) is 49.1. The van der Waals surface area contributed by atoms with Crippen LogP contribution in [0.1, 0.15) is 239 Å². The minimum Gasteiger partial charge on any atom is -0.544 e. The SMILES string of the molecule is CCCCC/C=C/C=C/CCCCCCCCCCCCC(=O)OC(COCCC(C(=O)[O-])[N+](C)(C)C)COC(=O)CCCCCCCCCCCCCCCCCCC. The third-order valence-electron chi connectivity index (χ3n) is 11.6. The summed E-state index contributed by atoms with van der Waals surface area (Å²) in [6, 6.07) is -0.724. The fourth-order valence-corrected chi connectivity index (χ4v) is 7.65. The number of hydrogen-bond donors (Lipinski definition) is 0. The van der Waals surface area contributed by atoms with Gasteiger partial charge in [-0.25, -0.2) is 0 Å². The lowest BCUT2D eigenvalue weighted by Crippen LogP contribution is -2.55. The summed E-state index contributed by atoms with van der Waals surface area (Å²) in [6.45, 7) is 4.67. The van der Waals surface area contributed by atoms with Gasteiger partial charge in [-0.2, -0.15) is 0 Å².